The lowest BCUT2D eigenvalue weighted by atomic mass is 10.1. The van der Waals surface area contributed by atoms with Gasteiger partial charge in [-0.25, -0.2) is 19.9 Å². The van der Waals surface area contributed by atoms with Gasteiger partial charge in [0.25, 0.3) is 0 Å². The van der Waals surface area contributed by atoms with E-state index in [2.05, 4.69) is 61.1 Å². The molecule has 6 aromatic heterocycles. The summed E-state index contributed by atoms with van der Waals surface area (Å²) < 4.78 is 152. The van der Waals surface area contributed by atoms with Crippen LogP contribution in [0.4, 0.5) is 87.6 Å². The van der Waals surface area contributed by atoms with Crippen LogP contribution < -0.4 is 21.3 Å². The first-order chi connectivity index (χ1) is 31.2. The Morgan fingerprint density at radius 3 is 1.33 bits per heavy atom. The summed E-state index contributed by atoms with van der Waals surface area (Å²) in [6, 6.07) is 14.0. The highest BCUT2D eigenvalue weighted by Crippen LogP contribution is 2.33. The molecular formula is C42H43ClF12N12O2. The summed E-state index contributed by atoms with van der Waals surface area (Å²) in [5.74, 6) is 0.239. The number of nitrogens with one attached hydrogen (secondary N) is 4. The number of aliphatic hydroxyl groups is 2. The van der Waals surface area contributed by atoms with Crippen LogP contribution in [0, 0.1) is 6.92 Å². The van der Waals surface area contributed by atoms with Crippen molar-refractivity contribution in [1.82, 2.24) is 39.9 Å². The van der Waals surface area contributed by atoms with Crippen molar-refractivity contribution in [3.63, 3.8) is 0 Å². The van der Waals surface area contributed by atoms with Crippen molar-refractivity contribution < 1.29 is 62.9 Å². The van der Waals surface area contributed by atoms with Crippen LogP contribution in [0.1, 0.15) is 63.6 Å². The summed E-state index contributed by atoms with van der Waals surface area (Å²) >= 11 is 5.88. The molecule has 0 aliphatic rings. The van der Waals surface area contributed by atoms with Crippen LogP contribution in [0.25, 0.3) is 11.4 Å². The number of pyridine rings is 4. The van der Waals surface area contributed by atoms with E-state index in [1.54, 1.807) is 13.8 Å². The molecule has 0 saturated carbocycles. The molecule has 0 aliphatic carbocycles. The van der Waals surface area contributed by atoms with Crippen LogP contribution in [-0.4, -0.2) is 74.4 Å². The van der Waals surface area contributed by atoms with Crippen molar-refractivity contribution in [1.29, 1.82) is 0 Å². The lowest BCUT2D eigenvalue weighted by Gasteiger charge is -2.19. The Balaban J connectivity index is 0.000000305. The van der Waals surface area contributed by atoms with Gasteiger partial charge in [0.2, 0.25) is 11.9 Å². The lowest BCUT2D eigenvalue weighted by molar-refractivity contribution is -0.142. The maximum absolute atomic E-state index is 13.1. The van der Waals surface area contributed by atoms with E-state index in [-0.39, 0.29) is 66.1 Å². The molecule has 0 bridgehead atoms. The van der Waals surface area contributed by atoms with Gasteiger partial charge in [-0.1, -0.05) is 31.2 Å². The Hall–Kier alpha value is -6.67. The highest BCUT2D eigenvalue weighted by Gasteiger charge is 2.35. The van der Waals surface area contributed by atoms with Crippen molar-refractivity contribution in [3.8, 4) is 11.4 Å². The second kappa shape index (κ2) is 22.6. The third-order valence-corrected chi connectivity index (χ3v) is 8.11. The summed E-state index contributed by atoms with van der Waals surface area (Å²) in [6.07, 6.45) is -16.3. The third kappa shape index (κ3) is 19.5. The van der Waals surface area contributed by atoms with E-state index in [1.807, 2.05) is 0 Å². The molecule has 14 nitrogen and oxygen atoms in total. The number of rotatable bonds is 11. The summed E-state index contributed by atoms with van der Waals surface area (Å²) in [5.41, 5.74) is -5.99. The molecule has 69 heavy (non-hydrogen) atoms. The molecule has 6 aromatic rings. The maximum Gasteiger partial charge on any atom is 0.433 e. The zero-order chi connectivity index (χ0) is 50.9. The summed E-state index contributed by atoms with van der Waals surface area (Å²) in [7, 11) is 0. The molecule has 0 aromatic carbocycles. The largest absolute Gasteiger partial charge is 0.433 e. The molecule has 6 rings (SSSR count). The molecule has 374 valence electrons. The van der Waals surface area contributed by atoms with E-state index in [0.29, 0.717) is 11.5 Å². The number of nitrogens with zero attached hydrogens (tertiary/aromatic N) is 8. The maximum atomic E-state index is 13.1. The fourth-order valence-electron chi connectivity index (χ4n) is 4.92. The van der Waals surface area contributed by atoms with Crippen molar-refractivity contribution in [3.05, 3.63) is 119 Å². The van der Waals surface area contributed by atoms with Crippen LogP contribution in [0.5, 0.6) is 0 Å². The summed E-state index contributed by atoms with van der Waals surface area (Å²) in [4.78, 5) is 29.7. The van der Waals surface area contributed by atoms with Gasteiger partial charge >= 0.3 is 24.7 Å². The summed E-state index contributed by atoms with van der Waals surface area (Å²) in [5, 5.41) is 30.6. The lowest BCUT2D eigenvalue weighted by Crippen LogP contribution is -2.29. The Kier molecular flexibility index (Phi) is 18.6. The average Bonchev–Trinajstić information content (AvgIpc) is 3.21. The van der Waals surface area contributed by atoms with Gasteiger partial charge in [0.05, 0.1) is 22.6 Å². The first-order valence-corrected chi connectivity index (χ1v) is 19.6. The fourth-order valence-corrected chi connectivity index (χ4v) is 5.11. The van der Waals surface area contributed by atoms with Gasteiger partial charge in [-0.15, -0.1) is 0 Å². The van der Waals surface area contributed by atoms with Crippen LogP contribution in [0.2, 0.25) is 5.15 Å². The predicted octanol–water partition coefficient (Wildman–Crippen LogP) is 11.4. The highest BCUT2D eigenvalue weighted by atomic mass is 35.5. The van der Waals surface area contributed by atoms with Crippen LogP contribution in [0.3, 0.4) is 0 Å². The minimum absolute atomic E-state index is 0. The van der Waals surface area contributed by atoms with Crippen molar-refractivity contribution in [2.24, 2.45) is 0 Å². The van der Waals surface area contributed by atoms with Gasteiger partial charge in [0.1, 0.15) is 39.6 Å². The van der Waals surface area contributed by atoms with E-state index >= 15 is 0 Å². The van der Waals surface area contributed by atoms with Gasteiger partial charge in [-0.05, 0) is 83.1 Å². The highest BCUT2D eigenvalue weighted by molar-refractivity contribution is 6.29. The molecule has 0 radical (unpaired) electrons. The smallest absolute Gasteiger partial charge is 0.389 e. The minimum atomic E-state index is -4.68. The molecule has 0 fully saturated rings. The zero-order valence-corrected chi connectivity index (χ0v) is 36.6. The van der Waals surface area contributed by atoms with Gasteiger partial charge < -0.3 is 31.5 Å². The van der Waals surface area contributed by atoms with Gasteiger partial charge in [-0.3, -0.25) is 9.97 Å². The molecule has 0 aliphatic heterocycles. The van der Waals surface area contributed by atoms with Gasteiger partial charge in [0, 0.05) is 54.7 Å². The fraction of sp³-hybridized carbons (Fsp3) is 0.333. The zero-order valence-electron chi connectivity index (χ0n) is 35.9. The van der Waals surface area contributed by atoms with Crippen molar-refractivity contribution in [2.45, 2.75) is 78.0 Å². The quantitative estimate of drug-likeness (QED) is 0.0531. The number of anilines is 6. The monoisotopic (exact) mass is 1010 g/mol. The standard InChI is InChI=1S/C20H18F6N6O.C14H15ClF3N5O.C7H6F3N.CH4/c1-18(2,33)10-28-16-9-13(12-4-3-5-14(30-12)19(21,22)23)31-17(32-16)29-11-6-7-27-15(8-11)20(24,25)26;1-13(2,24)7-20-11-6-10(15)22-12(23-11)21-8-3-4-19-9(5-8)14(16,17)18;1-5-3-2-4-6(11-5)7(8,9)10;/h3-9,33H,10H2,1-2H3,(H2,27,28,29,31,32);3-6,24H,7H2,1-2H3,(H2,19,20,21,22,23);2-4H,1H3;1H4. The van der Waals surface area contributed by atoms with Crippen LogP contribution >= 0.6 is 11.6 Å². The minimum Gasteiger partial charge on any atom is -0.389 e. The molecule has 0 spiro atoms. The third-order valence-electron chi connectivity index (χ3n) is 7.92. The second-order valence-corrected chi connectivity index (χ2v) is 15.8. The number of hydrogen-bond acceptors (Lipinski definition) is 14. The SMILES string of the molecule is C.CC(C)(O)CNc1cc(-c2cccc(C(F)(F)F)n2)nc(Nc2ccnc(C(F)(F)F)c2)n1.CC(C)(O)CNc1cc(Cl)nc(Nc2ccnc(C(F)(F)F)c2)n1.Cc1cccc(C(F)(F)F)n1. The van der Waals surface area contributed by atoms with Crippen molar-refractivity contribution in [2.75, 3.05) is 34.4 Å². The molecule has 27 heteroatoms. The Morgan fingerprint density at radius 1 is 0.493 bits per heavy atom. The molecule has 0 unspecified atom stereocenters. The van der Waals surface area contributed by atoms with Gasteiger partial charge in [-0.2, -0.15) is 62.7 Å². The molecular weight excluding hydrogens is 968 g/mol. The number of hydrogen-bond donors (Lipinski definition) is 6. The molecule has 0 amide bonds. The topological polar surface area (TPSA) is 192 Å². The van der Waals surface area contributed by atoms with Gasteiger partial charge in [0.15, 0.2) is 0 Å². The number of halogens is 13. The molecule has 0 saturated heterocycles. The first kappa shape index (κ1) is 56.7. The molecule has 6 N–H and O–H groups in total. The van der Waals surface area contributed by atoms with E-state index in [0.717, 1.165) is 42.7 Å². The number of aryl methyl sites for hydroxylation is 1. The average molecular weight is 1010 g/mol. The molecule has 6 heterocycles. The summed E-state index contributed by atoms with van der Waals surface area (Å²) in [6.45, 7) is 8.00. The van der Waals surface area contributed by atoms with E-state index in [1.165, 1.54) is 63.2 Å². The normalized spacial score (nSPS) is 12.1. The van der Waals surface area contributed by atoms with E-state index < -0.39 is 58.7 Å². The Labute approximate surface area is 391 Å². The van der Waals surface area contributed by atoms with E-state index in [4.69, 9.17) is 11.6 Å². The number of alkyl halides is 12. The number of aromatic nitrogens is 8. The van der Waals surface area contributed by atoms with E-state index in [9.17, 15) is 62.9 Å². The first-order valence-electron chi connectivity index (χ1n) is 19.3. The second-order valence-electron chi connectivity index (χ2n) is 15.4. The predicted molar refractivity (Wildman–Crippen MR) is 233 cm³/mol. The van der Waals surface area contributed by atoms with Crippen LogP contribution in [0.15, 0.2) is 85.2 Å². The van der Waals surface area contributed by atoms with Crippen LogP contribution in [-0.2, 0) is 24.7 Å². The molecule has 0 atom stereocenters. The Bertz CT molecular complexity index is 2620. The Morgan fingerprint density at radius 2 is 0.913 bits per heavy atom. The van der Waals surface area contributed by atoms with Crippen molar-refractivity contribution >= 4 is 46.5 Å².